The normalized spacial score (nSPS) is 31.8. The maximum atomic E-state index is 10.4. The van der Waals surface area contributed by atoms with Gasteiger partial charge in [0.15, 0.2) is 0 Å². The minimum atomic E-state index is -0.115. The van der Waals surface area contributed by atoms with Gasteiger partial charge in [0.25, 0.3) is 0 Å². The molecule has 1 aliphatic rings. The van der Waals surface area contributed by atoms with Gasteiger partial charge in [-0.05, 0) is 42.7 Å². The Balaban J connectivity index is 1.93. The molecule has 0 saturated heterocycles. The van der Waals surface area contributed by atoms with Crippen LogP contribution in [0.2, 0.25) is 0 Å². The number of aliphatic hydroxyl groups is 1. The van der Waals surface area contributed by atoms with Crippen molar-refractivity contribution >= 4 is 11.3 Å². The molecule has 0 radical (unpaired) electrons. The summed E-state index contributed by atoms with van der Waals surface area (Å²) in [7, 11) is 0. The van der Waals surface area contributed by atoms with Crippen LogP contribution in [-0.2, 0) is 6.54 Å². The van der Waals surface area contributed by atoms with Gasteiger partial charge in [0.05, 0.1) is 6.10 Å². The molecule has 1 saturated carbocycles. The Morgan fingerprint density at radius 1 is 1.37 bits per heavy atom. The Kier molecular flexibility index (Phi) is 5.43. The SMILES string of the molecule is CCN(Cc1cccs1)CC1C(C)CC(C)CC1O. The molecule has 0 bridgehead atoms. The van der Waals surface area contributed by atoms with Crippen molar-refractivity contribution < 1.29 is 5.11 Å². The zero-order chi connectivity index (χ0) is 13.8. The molecule has 3 heteroatoms. The summed E-state index contributed by atoms with van der Waals surface area (Å²) >= 11 is 1.83. The van der Waals surface area contributed by atoms with Crippen molar-refractivity contribution in [2.24, 2.45) is 17.8 Å². The number of hydrogen-bond donors (Lipinski definition) is 1. The molecule has 2 rings (SSSR count). The van der Waals surface area contributed by atoms with Crippen molar-refractivity contribution in [3.63, 3.8) is 0 Å². The number of aliphatic hydroxyl groups excluding tert-OH is 1. The van der Waals surface area contributed by atoms with E-state index in [-0.39, 0.29) is 6.10 Å². The second-order valence-corrected chi connectivity index (χ2v) is 7.22. The van der Waals surface area contributed by atoms with Crippen LogP contribution in [0.3, 0.4) is 0 Å². The summed E-state index contributed by atoms with van der Waals surface area (Å²) in [5.74, 6) is 1.75. The van der Waals surface area contributed by atoms with Crippen LogP contribution in [-0.4, -0.2) is 29.2 Å². The van der Waals surface area contributed by atoms with Gasteiger partial charge in [0.1, 0.15) is 0 Å². The van der Waals surface area contributed by atoms with Gasteiger partial charge in [-0.1, -0.05) is 26.8 Å². The Morgan fingerprint density at radius 2 is 2.16 bits per heavy atom. The standard InChI is InChI=1S/C16H27NOS/c1-4-17(10-14-6-5-7-19-14)11-15-13(3)8-12(2)9-16(15)18/h5-7,12-13,15-16,18H,4,8-11H2,1-3H3. The average Bonchev–Trinajstić information content (AvgIpc) is 2.84. The van der Waals surface area contributed by atoms with E-state index in [2.05, 4.69) is 43.2 Å². The van der Waals surface area contributed by atoms with E-state index < -0.39 is 0 Å². The molecule has 0 amide bonds. The van der Waals surface area contributed by atoms with Crippen molar-refractivity contribution in [3.05, 3.63) is 22.4 Å². The largest absolute Gasteiger partial charge is 0.393 e. The van der Waals surface area contributed by atoms with Crippen LogP contribution in [0.15, 0.2) is 17.5 Å². The summed E-state index contributed by atoms with van der Waals surface area (Å²) in [5.41, 5.74) is 0. The highest BCUT2D eigenvalue weighted by Crippen LogP contribution is 2.34. The Morgan fingerprint density at radius 3 is 2.74 bits per heavy atom. The molecule has 1 aliphatic carbocycles. The highest BCUT2D eigenvalue weighted by Gasteiger charge is 2.33. The first kappa shape index (κ1) is 15.0. The fourth-order valence-corrected chi connectivity index (χ4v) is 4.15. The lowest BCUT2D eigenvalue weighted by Crippen LogP contribution is -2.42. The van der Waals surface area contributed by atoms with Crippen molar-refractivity contribution in [2.75, 3.05) is 13.1 Å². The second-order valence-electron chi connectivity index (χ2n) is 6.19. The summed E-state index contributed by atoms with van der Waals surface area (Å²) < 4.78 is 0. The van der Waals surface area contributed by atoms with E-state index in [1.807, 2.05) is 11.3 Å². The van der Waals surface area contributed by atoms with Crippen molar-refractivity contribution in [3.8, 4) is 0 Å². The lowest BCUT2D eigenvalue weighted by Gasteiger charge is -2.39. The Hall–Kier alpha value is -0.380. The fraction of sp³-hybridized carbons (Fsp3) is 0.750. The molecule has 0 aromatic carbocycles. The van der Waals surface area contributed by atoms with Crippen molar-refractivity contribution in [2.45, 2.75) is 46.3 Å². The van der Waals surface area contributed by atoms with Crippen LogP contribution in [0.1, 0.15) is 38.5 Å². The lowest BCUT2D eigenvalue weighted by molar-refractivity contribution is -0.00238. The molecule has 4 unspecified atom stereocenters. The molecule has 1 aromatic heterocycles. The van der Waals surface area contributed by atoms with Crippen LogP contribution >= 0.6 is 11.3 Å². The average molecular weight is 281 g/mol. The monoisotopic (exact) mass is 281 g/mol. The summed E-state index contributed by atoms with van der Waals surface area (Å²) in [6.07, 6.45) is 2.13. The Labute approximate surface area is 121 Å². The number of thiophene rings is 1. The smallest absolute Gasteiger partial charge is 0.0585 e. The minimum Gasteiger partial charge on any atom is -0.393 e. The number of nitrogens with zero attached hydrogens (tertiary/aromatic N) is 1. The molecule has 1 heterocycles. The quantitative estimate of drug-likeness (QED) is 0.891. The predicted molar refractivity (Wildman–Crippen MR) is 82.3 cm³/mol. The first-order chi connectivity index (χ1) is 9.10. The highest BCUT2D eigenvalue weighted by molar-refractivity contribution is 7.09. The topological polar surface area (TPSA) is 23.5 Å². The van der Waals surface area contributed by atoms with Crippen molar-refractivity contribution in [1.29, 1.82) is 0 Å². The maximum Gasteiger partial charge on any atom is 0.0585 e. The van der Waals surface area contributed by atoms with Crippen LogP contribution in [0, 0.1) is 17.8 Å². The number of rotatable bonds is 5. The summed E-state index contributed by atoms with van der Waals surface area (Å²) in [5, 5.41) is 12.5. The van der Waals surface area contributed by atoms with E-state index in [9.17, 15) is 5.11 Å². The van der Waals surface area contributed by atoms with E-state index in [1.165, 1.54) is 11.3 Å². The summed E-state index contributed by atoms with van der Waals surface area (Å²) in [6.45, 7) is 9.91. The van der Waals surface area contributed by atoms with Crippen LogP contribution in [0.25, 0.3) is 0 Å². The third kappa shape index (κ3) is 4.04. The van der Waals surface area contributed by atoms with Crippen molar-refractivity contribution in [1.82, 2.24) is 4.90 Å². The van der Waals surface area contributed by atoms with Gasteiger partial charge < -0.3 is 5.11 Å². The molecule has 2 nitrogen and oxygen atoms in total. The van der Waals surface area contributed by atoms with Gasteiger partial charge in [-0.25, -0.2) is 0 Å². The fourth-order valence-electron chi connectivity index (χ4n) is 3.40. The molecular formula is C16H27NOS. The maximum absolute atomic E-state index is 10.4. The molecule has 1 aromatic rings. The van der Waals surface area contributed by atoms with E-state index in [4.69, 9.17) is 0 Å². The van der Waals surface area contributed by atoms with E-state index in [0.717, 1.165) is 26.1 Å². The van der Waals surface area contributed by atoms with Gasteiger partial charge >= 0.3 is 0 Å². The first-order valence-corrected chi connectivity index (χ1v) is 8.40. The molecule has 1 fully saturated rings. The zero-order valence-electron chi connectivity index (χ0n) is 12.4. The molecule has 0 spiro atoms. The summed E-state index contributed by atoms with van der Waals surface area (Å²) in [6, 6.07) is 4.32. The van der Waals surface area contributed by atoms with Crippen LogP contribution in [0.4, 0.5) is 0 Å². The van der Waals surface area contributed by atoms with Gasteiger partial charge in [-0.3, -0.25) is 4.90 Å². The molecule has 0 aliphatic heterocycles. The highest BCUT2D eigenvalue weighted by atomic mass is 32.1. The third-order valence-corrected chi connectivity index (χ3v) is 5.38. The molecule has 108 valence electrons. The Bertz CT molecular complexity index is 353. The number of hydrogen-bond acceptors (Lipinski definition) is 3. The lowest BCUT2D eigenvalue weighted by atomic mass is 9.73. The van der Waals surface area contributed by atoms with Gasteiger partial charge in [-0.2, -0.15) is 0 Å². The third-order valence-electron chi connectivity index (χ3n) is 4.52. The minimum absolute atomic E-state index is 0.115. The van der Waals surface area contributed by atoms with Gasteiger partial charge in [-0.15, -0.1) is 11.3 Å². The molecule has 1 N–H and O–H groups in total. The van der Waals surface area contributed by atoms with E-state index >= 15 is 0 Å². The molecule has 4 atom stereocenters. The molecular weight excluding hydrogens is 254 g/mol. The van der Waals surface area contributed by atoms with E-state index in [1.54, 1.807) is 0 Å². The van der Waals surface area contributed by atoms with Gasteiger partial charge in [0, 0.05) is 23.9 Å². The van der Waals surface area contributed by atoms with Crippen LogP contribution < -0.4 is 0 Å². The first-order valence-electron chi connectivity index (χ1n) is 7.53. The predicted octanol–water partition coefficient (Wildman–Crippen LogP) is 3.61. The summed E-state index contributed by atoms with van der Waals surface area (Å²) in [4.78, 5) is 3.90. The van der Waals surface area contributed by atoms with E-state index in [0.29, 0.717) is 17.8 Å². The van der Waals surface area contributed by atoms with Gasteiger partial charge in [0.2, 0.25) is 0 Å². The zero-order valence-corrected chi connectivity index (χ0v) is 13.2. The second kappa shape index (κ2) is 6.87. The molecule has 19 heavy (non-hydrogen) atoms. The van der Waals surface area contributed by atoms with Crippen LogP contribution in [0.5, 0.6) is 0 Å².